The molecule has 0 aromatic carbocycles. The largest absolute Gasteiger partial charge is 1.00 e. The van der Waals surface area contributed by atoms with Gasteiger partial charge in [0.1, 0.15) is 0 Å². The van der Waals surface area contributed by atoms with Crippen LogP contribution in [0.1, 0.15) is 41.5 Å². The summed E-state index contributed by atoms with van der Waals surface area (Å²) < 4.78 is 0. The third-order valence-corrected chi connectivity index (χ3v) is 2.96. The van der Waals surface area contributed by atoms with Crippen LogP contribution in [0.2, 0.25) is 19.0 Å². The van der Waals surface area contributed by atoms with Gasteiger partial charge in [0.05, 0.1) is 0 Å². The van der Waals surface area contributed by atoms with E-state index < -0.39 is 0 Å². The van der Waals surface area contributed by atoms with Gasteiger partial charge in [-0.3, -0.25) is 0 Å². The summed E-state index contributed by atoms with van der Waals surface area (Å²) in [4.78, 5) is 0. The van der Waals surface area contributed by atoms with E-state index >= 15 is 0 Å². The van der Waals surface area contributed by atoms with Crippen LogP contribution >= 0.6 is 0 Å². The molecule has 0 heterocycles. The summed E-state index contributed by atoms with van der Waals surface area (Å²) in [6.07, 6.45) is 4.49. The van der Waals surface area contributed by atoms with Gasteiger partial charge >= 0.3 is 51.4 Å². The fourth-order valence-electron chi connectivity index (χ4n) is 2.80. The van der Waals surface area contributed by atoms with Crippen LogP contribution in [0.15, 0.2) is 0 Å². The van der Waals surface area contributed by atoms with Crippen molar-refractivity contribution in [2.45, 2.75) is 60.5 Å². The first-order valence-electron chi connectivity index (χ1n) is 6.19. The molecular formula is C12H28BK. The van der Waals surface area contributed by atoms with Crippen molar-refractivity contribution in [3.05, 3.63) is 0 Å². The Kier molecular flexibility index (Phi) is 12.8. The first kappa shape index (κ1) is 18.1. The van der Waals surface area contributed by atoms with E-state index in [1.807, 2.05) is 0 Å². The molecule has 0 spiro atoms. The van der Waals surface area contributed by atoms with Gasteiger partial charge in [-0.1, -0.05) is 59.3 Å². The zero-order chi connectivity index (χ0) is 10.4. The fraction of sp³-hybridized carbons (Fsp3) is 1.00. The van der Waals surface area contributed by atoms with Gasteiger partial charge in [0.25, 0.3) is 0 Å². The van der Waals surface area contributed by atoms with Crippen LogP contribution in [0.5, 0.6) is 0 Å². The minimum absolute atomic E-state index is 0. The van der Waals surface area contributed by atoms with Crippen LogP contribution in [0.4, 0.5) is 0 Å². The summed E-state index contributed by atoms with van der Waals surface area (Å²) in [7, 11) is 0. The Morgan fingerprint density at radius 3 is 1.00 bits per heavy atom. The van der Waals surface area contributed by atoms with Gasteiger partial charge in [0.15, 0.2) is 0 Å². The molecule has 0 bridgehead atoms. The van der Waals surface area contributed by atoms with Crippen molar-refractivity contribution < 1.29 is 51.4 Å². The van der Waals surface area contributed by atoms with Gasteiger partial charge in [0, 0.05) is 0 Å². The SMILES string of the molecule is CC(C)C[BH-](CC(C)C)CC(C)C.[K+]. The van der Waals surface area contributed by atoms with Crippen LogP contribution in [0, 0.1) is 17.8 Å². The molecule has 0 nitrogen and oxygen atoms in total. The Hall–Kier alpha value is 1.70. The van der Waals surface area contributed by atoms with E-state index in [0.29, 0.717) is 0 Å². The van der Waals surface area contributed by atoms with E-state index in [0.717, 1.165) is 17.8 Å². The molecule has 0 radical (unpaired) electrons. The van der Waals surface area contributed by atoms with Crippen LogP contribution in [-0.4, -0.2) is 6.71 Å². The first-order valence-corrected chi connectivity index (χ1v) is 6.19. The topological polar surface area (TPSA) is 0 Å². The second-order valence-corrected chi connectivity index (χ2v) is 6.11. The number of hydrogen-bond donors (Lipinski definition) is 0. The summed E-state index contributed by atoms with van der Waals surface area (Å²) in [5.74, 6) is 2.70. The maximum atomic E-state index is 2.36. The molecule has 14 heavy (non-hydrogen) atoms. The van der Waals surface area contributed by atoms with E-state index in [4.69, 9.17) is 0 Å². The van der Waals surface area contributed by atoms with E-state index in [1.165, 1.54) is 19.0 Å². The maximum absolute atomic E-state index is 2.36. The van der Waals surface area contributed by atoms with Crippen LogP contribution < -0.4 is 51.4 Å². The standard InChI is InChI=1S/C12H28B.K/c1-10(2)7-13(8-11(3)4)9-12(5)6;/h10-13H,7-9H2,1-6H3;/q-1;+1. The van der Waals surface area contributed by atoms with Crippen molar-refractivity contribution >= 4 is 6.71 Å². The van der Waals surface area contributed by atoms with Crippen molar-refractivity contribution in [1.82, 2.24) is 0 Å². The summed E-state index contributed by atoms with van der Waals surface area (Å²) >= 11 is 0. The Labute approximate surface area is 134 Å². The molecule has 0 saturated carbocycles. The maximum Gasteiger partial charge on any atom is 1.00 e. The molecule has 0 N–H and O–H groups in total. The summed E-state index contributed by atoms with van der Waals surface area (Å²) in [6.45, 7) is 14.3. The first-order chi connectivity index (χ1) is 5.91. The van der Waals surface area contributed by atoms with E-state index in [2.05, 4.69) is 41.5 Å². The predicted octanol–water partition coefficient (Wildman–Crippen LogP) is 1.19. The molecule has 0 aliphatic carbocycles. The van der Waals surface area contributed by atoms with Crippen LogP contribution in [0.25, 0.3) is 0 Å². The third-order valence-electron chi connectivity index (χ3n) is 2.96. The molecule has 0 aromatic heterocycles. The average Bonchev–Trinajstić information content (AvgIpc) is 1.80. The van der Waals surface area contributed by atoms with Gasteiger partial charge in [-0.25, -0.2) is 0 Å². The smallest absolute Gasteiger partial charge is 0.179 e. The third kappa shape index (κ3) is 11.8. The Morgan fingerprint density at radius 1 is 0.643 bits per heavy atom. The van der Waals surface area contributed by atoms with Gasteiger partial charge < -0.3 is 0 Å². The molecule has 0 saturated heterocycles. The molecule has 0 amide bonds. The number of rotatable bonds is 6. The normalized spacial score (nSPS) is 11.6. The van der Waals surface area contributed by atoms with Crippen molar-refractivity contribution in [3.8, 4) is 0 Å². The summed E-state index contributed by atoms with van der Waals surface area (Å²) in [6, 6.07) is 0. The van der Waals surface area contributed by atoms with Gasteiger partial charge in [-0.2, -0.15) is 19.0 Å². The second kappa shape index (κ2) is 9.89. The van der Waals surface area contributed by atoms with Crippen molar-refractivity contribution in [3.63, 3.8) is 0 Å². The van der Waals surface area contributed by atoms with E-state index in [-0.39, 0.29) is 58.1 Å². The van der Waals surface area contributed by atoms with Gasteiger partial charge in [-0.05, 0) is 6.71 Å². The quantitative estimate of drug-likeness (QED) is 0.592. The zero-order valence-corrected chi connectivity index (χ0v) is 14.7. The molecule has 0 fully saturated rings. The van der Waals surface area contributed by atoms with Gasteiger partial charge in [-0.15, -0.1) is 0 Å². The molecule has 0 atom stereocenters. The Balaban J connectivity index is 0. The summed E-state index contributed by atoms with van der Waals surface area (Å²) in [5, 5.41) is 0. The van der Waals surface area contributed by atoms with Crippen molar-refractivity contribution in [1.29, 1.82) is 0 Å². The average molecular weight is 222 g/mol. The molecule has 0 rings (SSSR count). The minimum atomic E-state index is 0. The molecule has 2 heteroatoms. The minimum Gasteiger partial charge on any atom is -0.179 e. The molecule has 0 aliphatic heterocycles. The predicted molar refractivity (Wildman–Crippen MR) is 66.1 cm³/mol. The van der Waals surface area contributed by atoms with E-state index in [1.54, 1.807) is 0 Å². The number of hydrogen-bond acceptors (Lipinski definition) is 0. The molecule has 0 unspecified atom stereocenters. The second-order valence-electron chi connectivity index (χ2n) is 6.11. The van der Waals surface area contributed by atoms with Crippen molar-refractivity contribution in [2.24, 2.45) is 17.8 Å². The summed E-state index contributed by atoms with van der Waals surface area (Å²) in [5.41, 5.74) is 0. The van der Waals surface area contributed by atoms with Crippen LogP contribution in [0.3, 0.4) is 0 Å². The molecule has 80 valence electrons. The van der Waals surface area contributed by atoms with Crippen LogP contribution in [-0.2, 0) is 0 Å². The molecule has 0 aliphatic rings. The van der Waals surface area contributed by atoms with Crippen molar-refractivity contribution in [2.75, 3.05) is 0 Å². The molecular weight excluding hydrogens is 194 g/mol. The zero-order valence-electron chi connectivity index (χ0n) is 11.6. The fourth-order valence-corrected chi connectivity index (χ4v) is 2.80. The Bertz CT molecular complexity index is 97.7. The monoisotopic (exact) mass is 222 g/mol. The van der Waals surface area contributed by atoms with E-state index in [9.17, 15) is 0 Å². The Morgan fingerprint density at radius 2 is 0.857 bits per heavy atom. The molecule has 0 aromatic rings. The van der Waals surface area contributed by atoms with Gasteiger partial charge in [0.2, 0.25) is 0 Å².